The number of nitrogens with two attached hydrogens (primary N) is 1. The maximum absolute atomic E-state index is 12.3. The van der Waals surface area contributed by atoms with Crippen molar-refractivity contribution >= 4 is 23.7 Å². The molecule has 2 amide bonds. The molecule has 0 atom stereocenters. The Bertz CT molecular complexity index is 968. The van der Waals surface area contributed by atoms with Crippen LogP contribution in [-0.4, -0.2) is 69.4 Å². The summed E-state index contributed by atoms with van der Waals surface area (Å²) in [4.78, 5) is 38.3. The standard InChI is InChI=1S/C24H33N3O7/c1-15(5-7-19(28)33-13-10-27-8-11-32-12-9-27)4-6-17-21(26-24(25)30)20-18(14-34-23(20)29)16(2)22(17)31-3/h4H,5-14H2,1-3H3,(H3,25,26,30). The Labute approximate surface area is 199 Å². The van der Waals surface area contributed by atoms with Crippen molar-refractivity contribution in [3.05, 3.63) is 33.9 Å². The fraction of sp³-hybridized carbons (Fsp3) is 0.542. The second-order valence-corrected chi connectivity index (χ2v) is 8.36. The van der Waals surface area contributed by atoms with Crippen LogP contribution in [0.5, 0.6) is 5.75 Å². The first-order valence-electron chi connectivity index (χ1n) is 11.4. The summed E-state index contributed by atoms with van der Waals surface area (Å²) in [6.07, 6.45) is 3.11. The van der Waals surface area contributed by atoms with Crippen LogP contribution in [0.4, 0.5) is 10.5 Å². The van der Waals surface area contributed by atoms with Gasteiger partial charge in [0.2, 0.25) is 0 Å². The van der Waals surface area contributed by atoms with Gasteiger partial charge < -0.3 is 30.0 Å². The van der Waals surface area contributed by atoms with Crippen molar-refractivity contribution in [1.29, 1.82) is 0 Å². The number of hydrogen-bond acceptors (Lipinski definition) is 8. The van der Waals surface area contributed by atoms with Gasteiger partial charge in [0, 0.05) is 37.2 Å². The summed E-state index contributed by atoms with van der Waals surface area (Å²) in [5, 5.41) is 2.57. The number of anilines is 1. The van der Waals surface area contributed by atoms with Crippen molar-refractivity contribution in [3.63, 3.8) is 0 Å². The summed E-state index contributed by atoms with van der Waals surface area (Å²) in [7, 11) is 1.54. The first-order valence-corrected chi connectivity index (χ1v) is 11.4. The number of carbonyl (C=O) groups excluding carboxylic acids is 3. The van der Waals surface area contributed by atoms with Crippen LogP contribution in [0.3, 0.4) is 0 Å². The van der Waals surface area contributed by atoms with Crippen LogP contribution in [0, 0.1) is 6.92 Å². The van der Waals surface area contributed by atoms with Gasteiger partial charge in [-0.1, -0.05) is 11.6 Å². The highest BCUT2D eigenvalue weighted by atomic mass is 16.5. The Morgan fingerprint density at radius 1 is 1.24 bits per heavy atom. The molecule has 186 valence electrons. The molecule has 34 heavy (non-hydrogen) atoms. The van der Waals surface area contributed by atoms with Crippen LogP contribution in [-0.2, 0) is 32.0 Å². The summed E-state index contributed by atoms with van der Waals surface area (Å²) in [5.41, 5.74) is 9.04. The van der Waals surface area contributed by atoms with Crippen LogP contribution >= 0.6 is 0 Å². The SMILES string of the molecule is COc1c(C)c2c(c(NC(N)=O)c1CC=C(C)CCC(=O)OCCN1CCOCC1)C(=O)OC2. The Morgan fingerprint density at radius 3 is 2.65 bits per heavy atom. The van der Waals surface area contributed by atoms with E-state index in [0.29, 0.717) is 67.3 Å². The predicted molar refractivity (Wildman–Crippen MR) is 125 cm³/mol. The van der Waals surface area contributed by atoms with Crippen molar-refractivity contribution in [3.8, 4) is 5.75 Å². The molecule has 0 aliphatic carbocycles. The monoisotopic (exact) mass is 475 g/mol. The number of benzene rings is 1. The van der Waals surface area contributed by atoms with Gasteiger partial charge in [-0.3, -0.25) is 9.69 Å². The Hall–Kier alpha value is -3.11. The molecule has 1 aromatic carbocycles. The first-order chi connectivity index (χ1) is 16.3. The molecule has 0 unspecified atom stereocenters. The number of amides is 2. The molecule has 0 aromatic heterocycles. The van der Waals surface area contributed by atoms with Crippen molar-refractivity contribution in [2.45, 2.75) is 39.7 Å². The number of esters is 2. The minimum atomic E-state index is -0.783. The van der Waals surface area contributed by atoms with Crippen LogP contribution < -0.4 is 15.8 Å². The minimum absolute atomic E-state index is 0.118. The molecule has 10 heteroatoms. The second kappa shape index (κ2) is 11.8. The van der Waals surface area contributed by atoms with E-state index in [1.54, 1.807) is 0 Å². The number of urea groups is 1. The van der Waals surface area contributed by atoms with E-state index in [0.717, 1.165) is 24.2 Å². The van der Waals surface area contributed by atoms with E-state index in [1.165, 1.54) is 7.11 Å². The number of hydrogen-bond donors (Lipinski definition) is 2. The summed E-state index contributed by atoms with van der Waals surface area (Å²) in [5.74, 6) is -0.190. The highest BCUT2D eigenvalue weighted by Gasteiger charge is 2.32. The Balaban J connectivity index is 1.63. The summed E-state index contributed by atoms with van der Waals surface area (Å²) in [6, 6.07) is -0.783. The van der Waals surface area contributed by atoms with E-state index in [2.05, 4.69) is 10.2 Å². The highest BCUT2D eigenvalue weighted by Crippen LogP contribution is 2.41. The molecule has 0 bridgehead atoms. The van der Waals surface area contributed by atoms with Crippen molar-refractivity contribution in [2.75, 3.05) is 51.9 Å². The van der Waals surface area contributed by atoms with Crippen molar-refractivity contribution in [2.24, 2.45) is 5.73 Å². The molecule has 0 saturated carbocycles. The molecule has 2 heterocycles. The van der Waals surface area contributed by atoms with E-state index in [4.69, 9.17) is 24.7 Å². The van der Waals surface area contributed by atoms with Crippen molar-refractivity contribution in [1.82, 2.24) is 4.90 Å². The number of morpholine rings is 1. The van der Waals surface area contributed by atoms with Gasteiger partial charge >= 0.3 is 18.0 Å². The Kier molecular flexibility index (Phi) is 8.89. The highest BCUT2D eigenvalue weighted by molar-refractivity contribution is 6.05. The molecule has 10 nitrogen and oxygen atoms in total. The zero-order chi connectivity index (χ0) is 24.7. The summed E-state index contributed by atoms with van der Waals surface area (Å²) in [6.45, 7) is 8.10. The van der Waals surface area contributed by atoms with Gasteiger partial charge in [0.15, 0.2) is 0 Å². The molecule has 0 spiro atoms. The smallest absolute Gasteiger partial charge is 0.341 e. The lowest BCUT2D eigenvalue weighted by Crippen LogP contribution is -2.38. The number of rotatable bonds is 10. The molecule has 2 aliphatic heterocycles. The number of cyclic esters (lactones) is 1. The number of primary amides is 1. The second-order valence-electron chi connectivity index (χ2n) is 8.36. The molecule has 3 N–H and O–H groups in total. The average Bonchev–Trinajstić information content (AvgIpc) is 3.20. The van der Waals surface area contributed by atoms with E-state index in [-0.39, 0.29) is 19.0 Å². The molecule has 1 fully saturated rings. The lowest BCUT2D eigenvalue weighted by molar-refractivity contribution is -0.144. The largest absolute Gasteiger partial charge is 0.496 e. The number of methoxy groups -OCH3 is 1. The molecular weight excluding hydrogens is 442 g/mol. The zero-order valence-corrected chi connectivity index (χ0v) is 20.0. The molecule has 2 aliphatic rings. The fourth-order valence-corrected chi connectivity index (χ4v) is 4.18. The minimum Gasteiger partial charge on any atom is -0.496 e. The Morgan fingerprint density at radius 2 is 1.97 bits per heavy atom. The first kappa shape index (κ1) is 25.5. The van der Waals surface area contributed by atoms with E-state index < -0.39 is 12.0 Å². The van der Waals surface area contributed by atoms with Gasteiger partial charge in [0.05, 0.1) is 31.6 Å². The summed E-state index contributed by atoms with van der Waals surface area (Å²) >= 11 is 0. The molecule has 1 saturated heterocycles. The van der Waals surface area contributed by atoms with Crippen molar-refractivity contribution < 1.29 is 33.3 Å². The number of nitrogens with one attached hydrogen (secondary N) is 1. The van der Waals surface area contributed by atoms with Gasteiger partial charge in [-0.2, -0.15) is 0 Å². The van der Waals surface area contributed by atoms with Gasteiger partial charge in [-0.25, -0.2) is 9.59 Å². The van der Waals surface area contributed by atoms with E-state index in [1.807, 2.05) is 19.9 Å². The molecule has 1 aromatic rings. The lowest BCUT2D eigenvalue weighted by atomic mass is 9.93. The van der Waals surface area contributed by atoms with Gasteiger partial charge in [0.25, 0.3) is 0 Å². The number of nitrogens with zero attached hydrogens (tertiary/aromatic N) is 1. The number of carbonyl (C=O) groups is 3. The quantitative estimate of drug-likeness (QED) is 0.390. The number of fused-ring (bicyclic) bond motifs is 1. The normalized spacial score (nSPS) is 16.1. The number of allylic oxidation sites excluding steroid dienone is 2. The van der Waals surface area contributed by atoms with Crippen LogP contribution in [0.15, 0.2) is 11.6 Å². The molecule has 3 rings (SSSR count). The zero-order valence-electron chi connectivity index (χ0n) is 20.0. The topological polar surface area (TPSA) is 129 Å². The number of ether oxygens (including phenoxy) is 4. The van der Waals surface area contributed by atoms with Gasteiger partial charge in [-0.15, -0.1) is 0 Å². The summed E-state index contributed by atoms with van der Waals surface area (Å²) < 4.78 is 21.5. The third-order valence-electron chi connectivity index (χ3n) is 6.08. The van der Waals surface area contributed by atoms with Gasteiger partial charge in [0.1, 0.15) is 19.0 Å². The molecule has 0 radical (unpaired) electrons. The third-order valence-corrected chi connectivity index (χ3v) is 6.08. The average molecular weight is 476 g/mol. The van der Waals surface area contributed by atoms with Crippen LogP contribution in [0.1, 0.15) is 46.8 Å². The van der Waals surface area contributed by atoms with E-state index in [9.17, 15) is 14.4 Å². The van der Waals surface area contributed by atoms with Crippen LogP contribution in [0.25, 0.3) is 0 Å². The third kappa shape index (κ3) is 6.27. The predicted octanol–water partition coefficient (Wildman–Crippen LogP) is 2.31. The van der Waals surface area contributed by atoms with E-state index >= 15 is 0 Å². The molecular formula is C24H33N3O7. The lowest BCUT2D eigenvalue weighted by Gasteiger charge is -2.26. The van der Waals surface area contributed by atoms with Gasteiger partial charge in [-0.05, 0) is 32.3 Å². The maximum Gasteiger partial charge on any atom is 0.341 e. The fourth-order valence-electron chi connectivity index (χ4n) is 4.18. The van der Waals surface area contributed by atoms with Crippen LogP contribution in [0.2, 0.25) is 0 Å². The maximum atomic E-state index is 12.3.